The molecule has 0 heterocycles. The molecule has 0 radical (unpaired) electrons. The predicted molar refractivity (Wildman–Crippen MR) is 59.5 cm³/mol. The van der Waals surface area contributed by atoms with Gasteiger partial charge in [0, 0.05) is 0 Å². The van der Waals surface area contributed by atoms with Crippen LogP contribution in [-0.2, 0) is 34.3 Å². The van der Waals surface area contributed by atoms with Crippen LogP contribution in [0.5, 0.6) is 0 Å². The third kappa shape index (κ3) is 10.7. The molecule has 0 aromatic carbocycles. The Labute approximate surface area is 146 Å². The molecule has 0 bridgehead atoms. The minimum atomic E-state index is -5.28. The Balaban J connectivity index is -0.00000112. The summed E-state index contributed by atoms with van der Waals surface area (Å²) in [6.07, 6.45) is -1.41. The molecule has 0 aliphatic rings. The van der Waals surface area contributed by atoms with Crippen LogP contribution < -0.4 is 0 Å². The summed E-state index contributed by atoms with van der Waals surface area (Å²) in [6.45, 7) is 0. The maximum atomic E-state index is 10.8. The second kappa shape index (κ2) is 8.84. The molecule has 0 fully saturated rings. The Morgan fingerprint density at radius 3 is 1.67 bits per heavy atom. The van der Waals surface area contributed by atoms with Gasteiger partial charge in [0.25, 0.3) is 10.1 Å². The number of hydrogen-bond acceptors (Lipinski definition) is 7. The molecule has 0 spiro atoms. The third-order valence-electron chi connectivity index (χ3n) is 1.17. The fraction of sp³-hybridized carbons (Fsp3) is 0.500. The molecule has 0 saturated carbocycles. The van der Waals surface area contributed by atoms with Crippen molar-refractivity contribution in [2.24, 2.45) is 0 Å². The number of aliphatic carboxylic acids is 1. The zero-order chi connectivity index (χ0) is 13.1. The van der Waals surface area contributed by atoms with Gasteiger partial charge in [-0.15, -0.1) is 0 Å². The molecule has 3 N–H and O–H groups in total. The summed E-state index contributed by atoms with van der Waals surface area (Å²) in [6, 6.07) is 0. The van der Waals surface area contributed by atoms with E-state index in [9.17, 15) is 26.4 Å². The summed E-state index contributed by atoms with van der Waals surface area (Å²) in [4.78, 5) is 20.9. The second-order valence-corrected chi connectivity index (χ2v) is 5.05. The fourth-order valence-corrected chi connectivity index (χ4v) is 1.66. The van der Waals surface area contributed by atoms with Gasteiger partial charge in [0.1, 0.15) is 0 Å². The first-order chi connectivity index (χ1) is 6.93. The predicted octanol–water partition coefficient (Wildman–Crippen LogP) is -3.23. The van der Waals surface area contributed by atoms with E-state index in [1.54, 1.807) is 0 Å². The number of carbonyl (C=O) groups is 2. The third-order valence-corrected chi connectivity index (χ3v) is 2.62. The Hall–Kier alpha value is 0.760. The number of carboxylic acids is 1. The van der Waals surface area contributed by atoms with E-state index in [0.717, 1.165) is 0 Å². The van der Waals surface area contributed by atoms with Crippen molar-refractivity contribution in [3.8, 4) is 0 Å². The molecule has 14 heteroatoms. The molecule has 0 rings (SSSR count). The van der Waals surface area contributed by atoms with E-state index in [0.29, 0.717) is 0 Å². The standard InChI is InChI=1S/C4H6O10S2.2Na.2H/c5-3(6)1-2(15(8,9)10)4(7)14-16(11,12)13;;;;/h2H,1H2,(H,5,6)(H,8,9,10)(H,11,12,13);;;;. The molecule has 0 aliphatic carbocycles. The normalized spacial score (nSPS) is 12.6. The zero-order valence-corrected chi connectivity index (χ0v) is 8.93. The number of carbonyl (C=O) groups excluding carboxylic acids is 1. The average molecular weight is 326 g/mol. The molecule has 0 amide bonds. The Kier molecular flexibility index (Phi) is 11.7. The maximum absolute atomic E-state index is 10.8. The van der Waals surface area contributed by atoms with E-state index in [2.05, 4.69) is 4.18 Å². The molecule has 0 saturated heterocycles. The molecule has 98 valence electrons. The number of rotatable bonds is 5. The van der Waals surface area contributed by atoms with Crippen LogP contribution in [0.2, 0.25) is 0 Å². The summed E-state index contributed by atoms with van der Waals surface area (Å²) in [5.41, 5.74) is 0. The fourth-order valence-electron chi connectivity index (χ4n) is 0.626. The summed E-state index contributed by atoms with van der Waals surface area (Å²) >= 11 is 0. The van der Waals surface area contributed by atoms with Gasteiger partial charge in [-0.25, -0.2) is 4.79 Å². The van der Waals surface area contributed by atoms with Crippen molar-refractivity contribution in [1.29, 1.82) is 0 Å². The summed E-state index contributed by atoms with van der Waals surface area (Å²) < 4.78 is 60.8. The van der Waals surface area contributed by atoms with Gasteiger partial charge in [0.15, 0.2) is 5.25 Å². The Morgan fingerprint density at radius 2 is 1.44 bits per heavy atom. The summed E-state index contributed by atoms with van der Waals surface area (Å²) in [7, 11) is -10.4. The molecular weight excluding hydrogens is 318 g/mol. The molecule has 0 aromatic rings. The SMILES string of the molecule is O=C(O)CC(C(=O)OS(=O)(=O)O)S(=O)(=O)O.[NaH].[NaH]. The van der Waals surface area contributed by atoms with Gasteiger partial charge in [-0.05, 0) is 0 Å². The van der Waals surface area contributed by atoms with Gasteiger partial charge in [-0.1, -0.05) is 0 Å². The molecule has 0 aliphatic heterocycles. The van der Waals surface area contributed by atoms with E-state index < -0.39 is 44.1 Å². The van der Waals surface area contributed by atoms with Crippen molar-refractivity contribution < 1.29 is 44.8 Å². The van der Waals surface area contributed by atoms with Crippen LogP contribution in [0, 0.1) is 0 Å². The first-order valence-corrected chi connectivity index (χ1v) is 6.19. The molecule has 0 aromatic heterocycles. The second-order valence-electron chi connectivity index (χ2n) is 2.43. The van der Waals surface area contributed by atoms with Crippen LogP contribution in [0.4, 0.5) is 0 Å². The first-order valence-electron chi connectivity index (χ1n) is 3.32. The van der Waals surface area contributed by atoms with E-state index in [1.165, 1.54) is 0 Å². The van der Waals surface area contributed by atoms with Gasteiger partial charge in [0.05, 0.1) is 6.42 Å². The van der Waals surface area contributed by atoms with Gasteiger partial charge >= 0.3 is 81.5 Å². The van der Waals surface area contributed by atoms with E-state index in [1.807, 2.05) is 0 Å². The van der Waals surface area contributed by atoms with Crippen molar-refractivity contribution >= 4 is 91.6 Å². The summed E-state index contributed by atoms with van der Waals surface area (Å²) in [5.74, 6) is -3.91. The Morgan fingerprint density at radius 1 is 1.06 bits per heavy atom. The monoisotopic (exact) mass is 326 g/mol. The first kappa shape index (κ1) is 23.8. The van der Waals surface area contributed by atoms with Crippen molar-refractivity contribution in [3.05, 3.63) is 0 Å². The van der Waals surface area contributed by atoms with Crippen LogP contribution >= 0.6 is 0 Å². The van der Waals surface area contributed by atoms with Gasteiger partial charge in [0.2, 0.25) is 0 Å². The number of carboxylic acid groups (broad SMARTS) is 1. The van der Waals surface area contributed by atoms with E-state index >= 15 is 0 Å². The van der Waals surface area contributed by atoms with Gasteiger partial charge in [-0.3, -0.25) is 13.9 Å². The van der Waals surface area contributed by atoms with Crippen molar-refractivity contribution in [2.75, 3.05) is 0 Å². The van der Waals surface area contributed by atoms with Crippen LogP contribution in [0.25, 0.3) is 0 Å². The minimum absolute atomic E-state index is 0. The zero-order valence-electron chi connectivity index (χ0n) is 7.30. The van der Waals surface area contributed by atoms with Crippen molar-refractivity contribution in [1.82, 2.24) is 0 Å². The van der Waals surface area contributed by atoms with Crippen LogP contribution in [0.3, 0.4) is 0 Å². The molecule has 1 atom stereocenters. The number of hydrogen-bond donors (Lipinski definition) is 3. The van der Waals surface area contributed by atoms with Crippen molar-refractivity contribution in [2.45, 2.75) is 11.7 Å². The topological polar surface area (TPSA) is 172 Å². The van der Waals surface area contributed by atoms with E-state index in [-0.39, 0.29) is 59.1 Å². The molecule has 18 heavy (non-hydrogen) atoms. The van der Waals surface area contributed by atoms with Crippen LogP contribution in [0.15, 0.2) is 0 Å². The average Bonchev–Trinajstić information content (AvgIpc) is 1.93. The van der Waals surface area contributed by atoms with E-state index in [4.69, 9.17) is 14.2 Å². The van der Waals surface area contributed by atoms with Crippen LogP contribution in [-0.4, -0.2) is 107 Å². The quantitative estimate of drug-likeness (QED) is 0.344. The molecule has 1 unspecified atom stereocenters. The molecule has 10 nitrogen and oxygen atoms in total. The van der Waals surface area contributed by atoms with Gasteiger partial charge in [-0.2, -0.15) is 16.8 Å². The Bertz CT molecular complexity index is 492. The van der Waals surface area contributed by atoms with Crippen molar-refractivity contribution in [3.63, 3.8) is 0 Å². The summed E-state index contributed by atoms with van der Waals surface area (Å²) in [5, 5.41) is 5.57. The van der Waals surface area contributed by atoms with Gasteiger partial charge < -0.3 is 9.29 Å². The molecular formula is C4H8Na2O10S2. The van der Waals surface area contributed by atoms with Crippen LogP contribution in [0.1, 0.15) is 6.42 Å².